The highest BCUT2D eigenvalue weighted by Gasteiger charge is 2.03. The third kappa shape index (κ3) is 1.16. The van der Waals surface area contributed by atoms with Crippen LogP contribution in [0.15, 0.2) is 18.2 Å². The Bertz CT molecular complexity index is 464. The van der Waals surface area contributed by atoms with Crippen molar-refractivity contribution in [2.75, 3.05) is 11.5 Å². The van der Waals surface area contributed by atoms with Crippen LogP contribution in [0.25, 0.3) is 10.8 Å². The van der Waals surface area contributed by atoms with E-state index in [1.807, 2.05) is 25.1 Å². The van der Waals surface area contributed by atoms with Gasteiger partial charge in [0.25, 0.3) is 0 Å². The summed E-state index contributed by atoms with van der Waals surface area (Å²) in [5.74, 6) is 0.845. The molecule has 0 amide bonds. The summed E-state index contributed by atoms with van der Waals surface area (Å²) in [6, 6.07) is 5.83. The van der Waals surface area contributed by atoms with E-state index in [1.165, 1.54) is 0 Å². The maximum absolute atomic E-state index is 5.66. The van der Waals surface area contributed by atoms with Crippen LogP contribution in [0.1, 0.15) is 5.56 Å². The highest BCUT2D eigenvalue weighted by molar-refractivity contribution is 5.97. The number of nitrogen functional groups attached to an aromatic ring is 2. The van der Waals surface area contributed by atoms with Gasteiger partial charge in [0.2, 0.25) is 0 Å². The zero-order valence-corrected chi connectivity index (χ0v) is 7.28. The van der Waals surface area contributed by atoms with E-state index in [4.69, 9.17) is 11.5 Å². The minimum atomic E-state index is 0.421. The van der Waals surface area contributed by atoms with Gasteiger partial charge in [0.05, 0.1) is 0 Å². The maximum atomic E-state index is 5.66. The Morgan fingerprint density at radius 2 is 1.62 bits per heavy atom. The quantitative estimate of drug-likeness (QED) is 0.627. The van der Waals surface area contributed by atoms with Crippen LogP contribution >= 0.6 is 0 Å². The molecule has 0 aliphatic carbocycles. The third-order valence-electron chi connectivity index (χ3n) is 1.99. The van der Waals surface area contributed by atoms with Crippen LogP contribution in [0.5, 0.6) is 0 Å². The standard InChI is InChI=1S/C9H10N4/c1-5-2-3-6-7(4-5)9(11)13-12-8(6)10/h2-4H,1H3,(H2,10,12)(H2,11,13). The van der Waals surface area contributed by atoms with Crippen LogP contribution in [0.2, 0.25) is 0 Å². The van der Waals surface area contributed by atoms with E-state index in [-0.39, 0.29) is 0 Å². The molecule has 66 valence electrons. The summed E-state index contributed by atoms with van der Waals surface area (Å²) in [6.07, 6.45) is 0. The van der Waals surface area contributed by atoms with Gasteiger partial charge in [-0.25, -0.2) is 0 Å². The maximum Gasteiger partial charge on any atom is 0.154 e. The Balaban J connectivity index is 2.92. The number of hydrogen-bond donors (Lipinski definition) is 2. The third-order valence-corrected chi connectivity index (χ3v) is 1.99. The first-order valence-corrected chi connectivity index (χ1v) is 3.96. The van der Waals surface area contributed by atoms with Crippen molar-refractivity contribution in [2.24, 2.45) is 0 Å². The van der Waals surface area contributed by atoms with E-state index in [1.54, 1.807) is 0 Å². The van der Waals surface area contributed by atoms with E-state index < -0.39 is 0 Å². The summed E-state index contributed by atoms with van der Waals surface area (Å²) >= 11 is 0. The van der Waals surface area contributed by atoms with Gasteiger partial charge in [-0.05, 0) is 13.0 Å². The number of rotatable bonds is 0. The van der Waals surface area contributed by atoms with Gasteiger partial charge < -0.3 is 11.5 Å². The smallest absolute Gasteiger partial charge is 0.154 e. The molecule has 4 nitrogen and oxygen atoms in total. The number of aryl methyl sites for hydroxylation is 1. The van der Waals surface area contributed by atoms with Crippen molar-refractivity contribution in [1.82, 2.24) is 10.2 Å². The number of nitrogens with zero attached hydrogens (tertiary/aromatic N) is 2. The fourth-order valence-electron chi connectivity index (χ4n) is 1.31. The number of hydrogen-bond acceptors (Lipinski definition) is 4. The summed E-state index contributed by atoms with van der Waals surface area (Å²) < 4.78 is 0. The molecule has 0 saturated heterocycles. The lowest BCUT2D eigenvalue weighted by atomic mass is 10.1. The fourth-order valence-corrected chi connectivity index (χ4v) is 1.31. The first kappa shape index (κ1) is 7.79. The van der Waals surface area contributed by atoms with E-state index in [0.29, 0.717) is 11.6 Å². The zero-order valence-electron chi connectivity index (χ0n) is 7.28. The Kier molecular flexibility index (Phi) is 1.55. The second-order valence-corrected chi connectivity index (χ2v) is 3.02. The van der Waals surface area contributed by atoms with Gasteiger partial charge in [0.15, 0.2) is 11.6 Å². The Morgan fingerprint density at radius 3 is 2.31 bits per heavy atom. The molecule has 0 fully saturated rings. The Labute approximate surface area is 75.6 Å². The molecule has 0 aliphatic heterocycles. The zero-order chi connectivity index (χ0) is 9.42. The average molecular weight is 174 g/mol. The number of nitrogens with two attached hydrogens (primary N) is 2. The first-order valence-electron chi connectivity index (χ1n) is 3.96. The van der Waals surface area contributed by atoms with Gasteiger partial charge >= 0.3 is 0 Å². The lowest BCUT2D eigenvalue weighted by Crippen LogP contribution is -1.99. The molecule has 1 aromatic heterocycles. The summed E-state index contributed by atoms with van der Waals surface area (Å²) in [5, 5.41) is 9.22. The summed E-state index contributed by atoms with van der Waals surface area (Å²) in [5.41, 5.74) is 12.4. The van der Waals surface area contributed by atoms with Crippen molar-refractivity contribution in [1.29, 1.82) is 0 Å². The average Bonchev–Trinajstić information content (AvgIpc) is 2.12. The molecule has 1 aromatic carbocycles. The van der Waals surface area contributed by atoms with Gasteiger partial charge in [0, 0.05) is 10.8 Å². The van der Waals surface area contributed by atoms with E-state index >= 15 is 0 Å². The van der Waals surface area contributed by atoms with Gasteiger partial charge in [-0.15, -0.1) is 10.2 Å². The first-order chi connectivity index (χ1) is 6.18. The second-order valence-electron chi connectivity index (χ2n) is 3.02. The van der Waals surface area contributed by atoms with Gasteiger partial charge in [-0.1, -0.05) is 17.7 Å². The number of anilines is 2. The number of aromatic nitrogens is 2. The van der Waals surface area contributed by atoms with E-state index in [9.17, 15) is 0 Å². The fraction of sp³-hybridized carbons (Fsp3) is 0.111. The van der Waals surface area contributed by atoms with Crippen molar-refractivity contribution in [3.05, 3.63) is 23.8 Å². The van der Waals surface area contributed by atoms with Gasteiger partial charge in [-0.2, -0.15) is 0 Å². The van der Waals surface area contributed by atoms with Gasteiger partial charge in [-0.3, -0.25) is 0 Å². The van der Waals surface area contributed by atoms with Crippen molar-refractivity contribution < 1.29 is 0 Å². The van der Waals surface area contributed by atoms with E-state index in [2.05, 4.69) is 10.2 Å². The van der Waals surface area contributed by atoms with Crippen LogP contribution in [0.3, 0.4) is 0 Å². The molecule has 0 spiro atoms. The van der Waals surface area contributed by atoms with Crippen molar-refractivity contribution >= 4 is 22.4 Å². The summed E-state index contributed by atoms with van der Waals surface area (Å²) in [7, 11) is 0. The summed E-state index contributed by atoms with van der Waals surface area (Å²) in [6.45, 7) is 2.00. The second kappa shape index (κ2) is 2.58. The molecule has 13 heavy (non-hydrogen) atoms. The van der Waals surface area contributed by atoms with Crippen LogP contribution in [0.4, 0.5) is 11.6 Å². The molecular formula is C9H10N4. The number of fused-ring (bicyclic) bond motifs is 1. The van der Waals surface area contributed by atoms with Crippen molar-refractivity contribution in [2.45, 2.75) is 6.92 Å². The Hall–Kier alpha value is -1.84. The molecule has 4 N–H and O–H groups in total. The molecule has 0 atom stereocenters. The molecular weight excluding hydrogens is 164 g/mol. The lowest BCUT2D eigenvalue weighted by molar-refractivity contribution is 1.07. The molecule has 4 heteroatoms. The molecule has 1 heterocycles. The monoisotopic (exact) mass is 174 g/mol. The minimum Gasteiger partial charge on any atom is -0.382 e. The topological polar surface area (TPSA) is 77.8 Å². The highest BCUT2D eigenvalue weighted by Crippen LogP contribution is 2.23. The largest absolute Gasteiger partial charge is 0.382 e. The molecule has 0 saturated carbocycles. The predicted octanol–water partition coefficient (Wildman–Crippen LogP) is 1.10. The van der Waals surface area contributed by atoms with Gasteiger partial charge in [0.1, 0.15) is 0 Å². The number of benzene rings is 1. The SMILES string of the molecule is Cc1ccc2c(N)nnc(N)c2c1. The minimum absolute atomic E-state index is 0.421. The Morgan fingerprint density at radius 1 is 1.00 bits per heavy atom. The molecule has 0 radical (unpaired) electrons. The molecule has 2 rings (SSSR count). The molecule has 2 aromatic rings. The van der Waals surface area contributed by atoms with Crippen LogP contribution in [-0.4, -0.2) is 10.2 Å². The summed E-state index contributed by atoms with van der Waals surface area (Å²) in [4.78, 5) is 0. The van der Waals surface area contributed by atoms with Crippen molar-refractivity contribution in [3.63, 3.8) is 0 Å². The molecule has 0 bridgehead atoms. The highest BCUT2D eigenvalue weighted by atomic mass is 15.2. The molecule has 0 aliphatic rings. The van der Waals surface area contributed by atoms with Crippen LogP contribution in [0, 0.1) is 6.92 Å². The normalized spacial score (nSPS) is 10.5. The van der Waals surface area contributed by atoms with Crippen molar-refractivity contribution in [3.8, 4) is 0 Å². The van der Waals surface area contributed by atoms with Crippen LogP contribution in [-0.2, 0) is 0 Å². The van der Waals surface area contributed by atoms with E-state index in [0.717, 1.165) is 16.3 Å². The van der Waals surface area contributed by atoms with Crippen LogP contribution < -0.4 is 11.5 Å². The lowest BCUT2D eigenvalue weighted by Gasteiger charge is -2.03. The molecule has 0 unspecified atom stereocenters. The predicted molar refractivity (Wildman–Crippen MR) is 53.1 cm³/mol.